The molecular formula is C29H50O3. The second-order valence-electron chi connectivity index (χ2n) is 9.21. The third-order valence-corrected chi connectivity index (χ3v) is 6.43. The number of aliphatic hydroxyl groups excluding tert-OH is 1. The van der Waals surface area contributed by atoms with Gasteiger partial charge in [-0.3, -0.25) is 0 Å². The van der Waals surface area contributed by atoms with E-state index in [1.54, 1.807) is 7.11 Å². The molecule has 184 valence electrons. The molecular weight excluding hydrogens is 396 g/mol. The summed E-state index contributed by atoms with van der Waals surface area (Å²) < 4.78 is 11.2. The Morgan fingerprint density at radius 1 is 0.875 bits per heavy atom. The predicted molar refractivity (Wildman–Crippen MR) is 137 cm³/mol. The minimum absolute atomic E-state index is 0.234. The summed E-state index contributed by atoms with van der Waals surface area (Å²) in [5.41, 5.74) is 1.01. The molecule has 3 heteroatoms. The van der Waals surface area contributed by atoms with Crippen molar-refractivity contribution in [2.75, 3.05) is 13.7 Å². The summed E-state index contributed by atoms with van der Waals surface area (Å²) in [4.78, 5) is 0. The van der Waals surface area contributed by atoms with Gasteiger partial charge in [-0.15, -0.1) is 6.58 Å². The van der Waals surface area contributed by atoms with Crippen molar-refractivity contribution >= 4 is 0 Å². The summed E-state index contributed by atoms with van der Waals surface area (Å²) in [6, 6.07) is 7.87. The molecule has 1 aromatic carbocycles. The molecule has 32 heavy (non-hydrogen) atoms. The minimum Gasteiger partial charge on any atom is -0.496 e. The van der Waals surface area contributed by atoms with Crippen LogP contribution in [0.3, 0.4) is 0 Å². The highest BCUT2D eigenvalue weighted by molar-refractivity contribution is 5.32. The van der Waals surface area contributed by atoms with Gasteiger partial charge in [0.2, 0.25) is 0 Å². The molecule has 1 aromatic rings. The molecule has 0 saturated carbocycles. The van der Waals surface area contributed by atoms with Crippen LogP contribution in [0.5, 0.6) is 5.75 Å². The van der Waals surface area contributed by atoms with Gasteiger partial charge in [-0.05, 0) is 24.8 Å². The lowest BCUT2D eigenvalue weighted by atomic mass is 9.92. The number of methoxy groups -OCH3 is 1. The van der Waals surface area contributed by atoms with E-state index in [2.05, 4.69) is 13.5 Å². The van der Waals surface area contributed by atoms with Gasteiger partial charge in [-0.25, -0.2) is 0 Å². The first-order chi connectivity index (χ1) is 15.7. The second kappa shape index (κ2) is 20.3. The van der Waals surface area contributed by atoms with Crippen molar-refractivity contribution in [1.82, 2.24) is 0 Å². The number of benzene rings is 1. The molecule has 0 unspecified atom stereocenters. The molecule has 0 bridgehead atoms. The van der Waals surface area contributed by atoms with Crippen molar-refractivity contribution < 1.29 is 14.6 Å². The number of unbranched alkanes of at least 4 members (excludes halogenated alkanes) is 12. The van der Waals surface area contributed by atoms with Gasteiger partial charge in [-0.2, -0.15) is 0 Å². The molecule has 1 rings (SSSR count). The Hall–Kier alpha value is -1.32. The predicted octanol–water partition coefficient (Wildman–Crippen LogP) is 8.25. The Morgan fingerprint density at radius 2 is 1.44 bits per heavy atom. The van der Waals surface area contributed by atoms with Gasteiger partial charge in [0.15, 0.2) is 0 Å². The van der Waals surface area contributed by atoms with E-state index in [4.69, 9.17) is 9.47 Å². The van der Waals surface area contributed by atoms with Crippen LogP contribution >= 0.6 is 0 Å². The van der Waals surface area contributed by atoms with Crippen LogP contribution in [0.15, 0.2) is 36.9 Å². The Labute approximate surface area is 198 Å². The summed E-state index contributed by atoms with van der Waals surface area (Å²) in [6.45, 7) is 6.97. The van der Waals surface area contributed by atoms with Gasteiger partial charge in [0.05, 0.1) is 26.4 Å². The number of hydrogen-bond donors (Lipinski definition) is 1. The largest absolute Gasteiger partial charge is 0.496 e. The average molecular weight is 447 g/mol. The van der Waals surface area contributed by atoms with Gasteiger partial charge in [0, 0.05) is 5.56 Å². The van der Waals surface area contributed by atoms with E-state index < -0.39 is 6.10 Å². The first-order valence-corrected chi connectivity index (χ1v) is 13.2. The molecule has 0 spiro atoms. The Balaban J connectivity index is 2.08. The van der Waals surface area contributed by atoms with E-state index in [1.165, 1.54) is 83.5 Å². The maximum absolute atomic E-state index is 10.6. The Bertz CT molecular complexity index is 557. The fourth-order valence-corrected chi connectivity index (χ4v) is 4.35. The standard InChI is InChI=1S/C29H50O3/c1-4-6-7-8-9-10-11-12-13-14-15-16-17-21-26(20-5-2)28(30)25-32-24-27-22-18-19-23-29(27)31-3/h5,18-19,22-23,26,28,30H,2,4,6-17,20-21,24-25H2,1,3H3/t26-,28+/m0/s1. The van der Waals surface area contributed by atoms with Crippen molar-refractivity contribution in [3.63, 3.8) is 0 Å². The number of para-hydroxylation sites is 1. The molecule has 0 aliphatic rings. The lowest BCUT2D eigenvalue weighted by molar-refractivity contribution is -0.00439. The highest BCUT2D eigenvalue weighted by atomic mass is 16.5. The summed E-state index contributed by atoms with van der Waals surface area (Å²) >= 11 is 0. The first kappa shape index (κ1) is 28.7. The molecule has 3 nitrogen and oxygen atoms in total. The molecule has 2 atom stereocenters. The van der Waals surface area contributed by atoms with Crippen LogP contribution < -0.4 is 4.74 Å². The van der Waals surface area contributed by atoms with Gasteiger partial charge in [0.1, 0.15) is 5.75 Å². The minimum atomic E-state index is -0.444. The highest BCUT2D eigenvalue weighted by Crippen LogP contribution is 2.22. The van der Waals surface area contributed by atoms with Crippen molar-refractivity contribution in [3.8, 4) is 5.75 Å². The Kier molecular flexibility index (Phi) is 18.2. The molecule has 0 aromatic heterocycles. The van der Waals surface area contributed by atoms with Crippen LogP contribution in [-0.2, 0) is 11.3 Å². The van der Waals surface area contributed by atoms with Crippen LogP contribution in [0, 0.1) is 5.92 Å². The van der Waals surface area contributed by atoms with Gasteiger partial charge < -0.3 is 14.6 Å². The third kappa shape index (κ3) is 14.0. The van der Waals surface area contributed by atoms with Crippen LogP contribution in [0.2, 0.25) is 0 Å². The number of hydrogen-bond acceptors (Lipinski definition) is 3. The summed E-state index contributed by atoms with van der Waals surface area (Å²) in [7, 11) is 1.67. The maximum atomic E-state index is 10.6. The molecule has 0 radical (unpaired) electrons. The molecule has 0 aliphatic carbocycles. The van der Waals surface area contributed by atoms with Crippen LogP contribution in [0.4, 0.5) is 0 Å². The van der Waals surface area contributed by atoms with Crippen LogP contribution in [0.1, 0.15) is 109 Å². The molecule has 1 N–H and O–H groups in total. The maximum Gasteiger partial charge on any atom is 0.124 e. The van der Waals surface area contributed by atoms with E-state index in [9.17, 15) is 5.11 Å². The van der Waals surface area contributed by atoms with E-state index >= 15 is 0 Å². The van der Waals surface area contributed by atoms with Crippen molar-refractivity contribution in [2.24, 2.45) is 5.92 Å². The van der Waals surface area contributed by atoms with Gasteiger partial charge in [0.25, 0.3) is 0 Å². The second-order valence-corrected chi connectivity index (χ2v) is 9.21. The number of aliphatic hydroxyl groups is 1. The highest BCUT2D eigenvalue weighted by Gasteiger charge is 2.18. The number of ether oxygens (including phenoxy) is 2. The smallest absolute Gasteiger partial charge is 0.124 e. The zero-order valence-electron chi connectivity index (χ0n) is 21.0. The SMILES string of the molecule is C=CC[C@@H](CCCCCCCCCCCCCCC)[C@H](O)COCc1ccccc1OC. The first-order valence-electron chi connectivity index (χ1n) is 13.2. The van der Waals surface area contributed by atoms with E-state index in [0.29, 0.717) is 13.2 Å². The summed E-state index contributed by atoms with van der Waals surface area (Å²) in [5, 5.41) is 10.6. The van der Waals surface area contributed by atoms with Crippen molar-refractivity contribution in [3.05, 3.63) is 42.5 Å². The van der Waals surface area contributed by atoms with Gasteiger partial charge in [-0.1, -0.05) is 115 Å². The van der Waals surface area contributed by atoms with E-state index in [0.717, 1.165) is 24.2 Å². The molecule has 0 heterocycles. The fraction of sp³-hybridized carbons (Fsp3) is 0.724. The summed E-state index contributed by atoms with van der Waals surface area (Å²) in [6.07, 6.45) is 21.1. The summed E-state index contributed by atoms with van der Waals surface area (Å²) in [5.74, 6) is 1.06. The van der Waals surface area contributed by atoms with Crippen LogP contribution in [-0.4, -0.2) is 24.9 Å². The average Bonchev–Trinajstić information content (AvgIpc) is 2.81. The number of allylic oxidation sites excluding steroid dienone is 1. The van der Waals surface area contributed by atoms with Crippen molar-refractivity contribution in [2.45, 2.75) is 116 Å². The molecule has 0 amide bonds. The van der Waals surface area contributed by atoms with Crippen molar-refractivity contribution in [1.29, 1.82) is 0 Å². The molecule has 0 saturated heterocycles. The lowest BCUT2D eigenvalue weighted by Gasteiger charge is -2.22. The molecule has 0 fully saturated rings. The number of rotatable bonds is 22. The normalized spacial score (nSPS) is 13.1. The van der Waals surface area contributed by atoms with Crippen LogP contribution in [0.25, 0.3) is 0 Å². The Morgan fingerprint density at radius 3 is 2.00 bits per heavy atom. The van der Waals surface area contributed by atoms with E-state index in [1.807, 2.05) is 30.3 Å². The third-order valence-electron chi connectivity index (χ3n) is 6.43. The van der Waals surface area contributed by atoms with E-state index in [-0.39, 0.29) is 5.92 Å². The molecule has 0 aliphatic heterocycles. The topological polar surface area (TPSA) is 38.7 Å². The zero-order chi connectivity index (χ0) is 23.3. The van der Waals surface area contributed by atoms with Gasteiger partial charge >= 0.3 is 0 Å². The zero-order valence-corrected chi connectivity index (χ0v) is 21.0. The lowest BCUT2D eigenvalue weighted by Crippen LogP contribution is -2.25. The quantitative estimate of drug-likeness (QED) is 0.144. The monoisotopic (exact) mass is 446 g/mol. The fourth-order valence-electron chi connectivity index (χ4n) is 4.35.